The van der Waals surface area contributed by atoms with Crippen LogP contribution in [0.3, 0.4) is 0 Å². The summed E-state index contributed by atoms with van der Waals surface area (Å²) in [4.78, 5) is 16.3. The zero-order chi connectivity index (χ0) is 16.9. The molecule has 0 spiro atoms. The summed E-state index contributed by atoms with van der Waals surface area (Å²) in [6.07, 6.45) is 1.65. The molecule has 0 fully saturated rings. The fourth-order valence-electron chi connectivity index (χ4n) is 2.39. The number of hydrogen-bond acceptors (Lipinski definition) is 4. The van der Waals surface area contributed by atoms with Crippen molar-refractivity contribution in [1.29, 1.82) is 0 Å². The van der Waals surface area contributed by atoms with E-state index in [-0.39, 0.29) is 11.7 Å². The second kappa shape index (κ2) is 7.31. The second-order valence-electron chi connectivity index (χ2n) is 5.52. The standard InChI is InChI=1S/C18H18N4OS/c1-13-8-14(2)10-15(9-13)20-17(23)11-24-18-19-12-22(21-18)16-6-4-3-5-7-16/h3-10,12H,11H2,1-2H3,(H,20,23). The molecular weight excluding hydrogens is 320 g/mol. The van der Waals surface area contributed by atoms with Gasteiger partial charge in [0.25, 0.3) is 0 Å². The average Bonchev–Trinajstić information content (AvgIpc) is 3.02. The third kappa shape index (κ3) is 4.23. The van der Waals surface area contributed by atoms with E-state index in [1.54, 1.807) is 11.0 Å². The van der Waals surface area contributed by atoms with Gasteiger partial charge < -0.3 is 5.32 Å². The third-order valence-corrected chi connectivity index (χ3v) is 4.18. The topological polar surface area (TPSA) is 59.8 Å². The quantitative estimate of drug-likeness (QED) is 0.722. The van der Waals surface area contributed by atoms with Crippen LogP contribution in [-0.4, -0.2) is 26.4 Å². The lowest BCUT2D eigenvalue weighted by atomic mass is 10.1. The number of nitrogens with one attached hydrogen (secondary N) is 1. The number of anilines is 1. The molecule has 0 unspecified atom stereocenters. The van der Waals surface area contributed by atoms with Crippen molar-refractivity contribution in [3.8, 4) is 5.69 Å². The van der Waals surface area contributed by atoms with Crippen molar-refractivity contribution in [2.24, 2.45) is 0 Å². The molecule has 0 radical (unpaired) electrons. The van der Waals surface area contributed by atoms with Gasteiger partial charge in [-0.25, -0.2) is 9.67 Å². The Balaban J connectivity index is 1.58. The van der Waals surface area contributed by atoms with Gasteiger partial charge in [-0.3, -0.25) is 4.79 Å². The molecule has 5 nitrogen and oxygen atoms in total. The van der Waals surface area contributed by atoms with Gasteiger partial charge in [-0.1, -0.05) is 36.0 Å². The van der Waals surface area contributed by atoms with Crippen LogP contribution in [0.4, 0.5) is 5.69 Å². The minimum atomic E-state index is -0.0685. The Morgan fingerprint density at radius 1 is 1.12 bits per heavy atom. The first-order chi connectivity index (χ1) is 11.6. The number of para-hydroxylation sites is 1. The molecule has 1 heterocycles. The zero-order valence-electron chi connectivity index (χ0n) is 13.6. The highest BCUT2D eigenvalue weighted by Gasteiger charge is 2.08. The Bertz CT molecular complexity index is 825. The largest absolute Gasteiger partial charge is 0.325 e. The lowest BCUT2D eigenvalue weighted by Gasteiger charge is -2.06. The summed E-state index contributed by atoms with van der Waals surface area (Å²) >= 11 is 1.32. The first-order valence-corrected chi connectivity index (χ1v) is 8.57. The predicted octanol–water partition coefficient (Wildman–Crippen LogP) is 3.61. The number of thioether (sulfide) groups is 1. The first-order valence-electron chi connectivity index (χ1n) is 7.58. The van der Waals surface area contributed by atoms with Gasteiger partial charge in [0.2, 0.25) is 11.1 Å². The number of aryl methyl sites for hydroxylation is 2. The van der Waals surface area contributed by atoms with Crippen LogP contribution in [0.15, 0.2) is 60.0 Å². The van der Waals surface area contributed by atoms with Gasteiger partial charge in [-0.2, -0.15) is 0 Å². The van der Waals surface area contributed by atoms with E-state index in [4.69, 9.17) is 0 Å². The van der Waals surface area contributed by atoms with Crippen LogP contribution in [0.2, 0.25) is 0 Å². The van der Waals surface area contributed by atoms with Crippen LogP contribution in [0.25, 0.3) is 5.69 Å². The Morgan fingerprint density at radius 3 is 2.54 bits per heavy atom. The minimum Gasteiger partial charge on any atom is -0.325 e. The Labute approximate surface area is 145 Å². The number of carbonyl (C=O) groups excluding carboxylic acids is 1. The molecule has 3 aromatic rings. The van der Waals surface area contributed by atoms with E-state index in [2.05, 4.69) is 21.5 Å². The normalized spacial score (nSPS) is 10.6. The molecule has 0 aliphatic carbocycles. The van der Waals surface area contributed by atoms with Crippen molar-refractivity contribution in [2.45, 2.75) is 19.0 Å². The van der Waals surface area contributed by atoms with E-state index in [0.717, 1.165) is 22.5 Å². The summed E-state index contributed by atoms with van der Waals surface area (Å²) in [7, 11) is 0. The van der Waals surface area contributed by atoms with Crippen molar-refractivity contribution in [3.63, 3.8) is 0 Å². The van der Waals surface area contributed by atoms with Gasteiger partial charge in [0, 0.05) is 5.69 Å². The Hall–Kier alpha value is -2.60. The van der Waals surface area contributed by atoms with Crippen molar-refractivity contribution < 1.29 is 4.79 Å². The van der Waals surface area contributed by atoms with Crippen molar-refractivity contribution >= 4 is 23.4 Å². The highest BCUT2D eigenvalue weighted by Crippen LogP contribution is 2.17. The maximum Gasteiger partial charge on any atom is 0.234 e. The first kappa shape index (κ1) is 16.3. The molecule has 0 saturated heterocycles. The molecule has 0 bridgehead atoms. The summed E-state index contributed by atoms with van der Waals surface area (Å²) in [6.45, 7) is 4.02. The molecule has 0 atom stereocenters. The van der Waals surface area contributed by atoms with Crippen LogP contribution in [0.1, 0.15) is 11.1 Å². The highest BCUT2D eigenvalue weighted by atomic mass is 32.2. The number of nitrogens with zero attached hydrogens (tertiary/aromatic N) is 3. The number of benzene rings is 2. The molecule has 0 saturated carbocycles. The molecule has 1 amide bonds. The third-order valence-electron chi connectivity index (χ3n) is 3.33. The van der Waals surface area contributed by atoms with E-state index in [9.17, 15) is 4.79 Å². The van der Waals surface area contributed by atoms with Crippen LogP contribution in [0.5, 0.6) is 0 Å². The fourth-order valence-corrected chi connectivity index (χ4v) is 2.99. The summed E-state index contributed by atoms with van der Waals surface area (Å²) in [6, 6.07) is 15.7. The van der Waals surface area contributed by atoms with E-state index in [1.807, 2.05) is 56.3 Å². The second-order valence-corrected chi connectivity index (χ2v) is 6.46. The van der Waals surface area contributed by atoms with Crippen LogP contribution >= 0.6 is 11.8 Å². The van der Waals surface area contributed by atoms with Gasteiger partial charge >= 0.3 is 0 Å². The van der Waals surface area contributed by atoms with Gasteiger partial charge in [-0.05, 0) is 49.2 Å². The monoisotopic (exact) mass is 338 g/mol. The minimum absolute atomic E-state index is 0.0685. The van der Waals surface area contributed by atoms with Crippen molar-refractivity contribution in [2.75, 3.05) is 11.1 Å². The number of rotatable bonds is 5. The maximum absolute atomic E-state index is 12.1. The van der Waals surface area contributed by atoms with Gasteiger partial charge in [0.05, 0.1) is 11.4 Å². The molecule has 2 aromatic carbocycles. The van der Waals surface area contributed by atoms with E-state index < -0.39 is 0 Å². The van der Waals surface area contributed by atoms with Crippen LogP contribution in [-0.2, 0) is 4.79 Å². The Kier molecular flexibility index (Phi) is 4.96. The van der Waals surface area contributed by atoms with Gasteiger partial charge in [0.1, 0.15) is 6.33 Å². The molecule has 122 valence electrons. The maximum atomic E-state index is 12.1. The van der Waals surface area contributed by atoms with E-state index in [1.165, 1.54) is 11.8 Å². The summed E-state index contributed by atoms with van der Waals surface area (Å²) in [5.74, 6) is 0.201. The van der Waals surface area contributed by atoms with Crippen molar-refractivity contribution in [1.82, 2.24) is 14.8 Å². The summed E-state index contributed by atoms with van der Waals surface area (Å²) in [5, 5.41) is 7.86. The lowest BCUT2D eigenvalue weighted by Crippen LogP contribution is -2.14. The average molecular weight is 338 g/mol. The SMILES string of the molecule is Cc1cc(C)cc(NC(=O)CSc2ncn(-c3ccccc3)n2)c1. The molecule has 24 heavy (non-hydrogen) atoms. The highest BCUT2D eigenvalue weighted by molar-refractivity contribution is 7.99. The van der Waals surface area contributed by atoms with Crippen LogP contribution in [0, 0.1) is 13.8 Å². The smallest absolute Gasteiger partial charge is 0.234 e. The van der Waals surface area contributed by atoms with E-state index >= 15 is 0 Å². The van der Waals surface area contributed by atoms with Crippen molar-refractivity contribution in [3.05, 3.63) is 66.0 Å². The summed E-state index contributed by atoms with van der Waals surface area (Å²) in [5.41, 5.74) is 4.01. The lowest BCUT2D eigenvalue weighted by molar-refractivity contribution is -0.113. The predicted molar refractivity (Wildman–Crippen MR) is 96.6 cm³/mol. The number of carbonyl (C=O) groups is 1. The molecule has 1 N–H and O–H groups in total. The van der Waals surface area contributed by atoms with E-state index in [0.29, 0.717) is 5.16 Å². The van der Waals surface area contributed by atoms with Gasteiger partial charge in [-0.15, -0.1) is 5.10 Å². The zero-order valence-corrected chi connectivity index (χ0v) is 14.4. The number of aromatic nitrogens is 3. The molecule has 0 aliphatic heterocycles. The fraction of sp³-hybridized carbons (Fsp3) is 0.167. The van der Waals surface area contributed by atoms with Crippen LogP contribution < -0.4 is 5.32 Å². The number of amides is 1. The molecule has 3 rings (SSSR count). The molecule has 6 heteroatoms. The van der Waals surface area contributed by atoms with Gasteiger partial charge in [0.15, 0.2) is 0 Å². The molecular formula is C18H18N4OS. The molecule has 1 aromatic heterocycles. The number of hydrogen-bond donors (Lipinski definition) is 1. The molecule has 0 aliphatic rings. The summed E-state index contributed by atoms with van der Waals surface area (Å²) < 4.78 is 1.70. The Morgan fingerprint density at radius 2 is 1.83 bits per heavy atom.